The van der Waals surface area contributed by atoms with Crippen molar-refractivity contribution < 1.29 is 18.7 Å². The lowest BCUT2D eigenvalue weighted by atomic mass is 10.0. The van der Waals surface area contributed by atoms with Crippen LogP contribution in [-0.4, -0.2) is 24.5 Å². The number of methoxy groups -OCH3 is 1. The summed E-state index contributed by atoms with van der Waals surface area (Å²) in [7, 11) is 1.59. The topological polar surface area (TPSA) is 61.6 Å². The molecule has 0 saturated heterocycles. The van der Waals surface area contributed by atoms with Crippen LogP contribution in [0.15, 0.2) is 89.9 Å². The van der Waals surface area contributed by atoms with Crippen LogP contribution < -0.4 is 9.47 Å². The smallest absolute Gasteiger partial charge is 0.231 e. The Bertz CT molecular complexity index is 1200. The molecule has 0 aliphatic carbocycles. The fraction of sp³-hybridized carbons (Fsp3) is 0.0769. The van der Waals surface area contributed by atoms with Crippen molar-refractivity contribution >= 4 is 28.5 Å². The van der Waals surface area contributed by atoms with Crippen molar-refractivity contribution in [1.82, 2.24) is 4.98 Å². The van der Waals surface area contributed by atoms with Gasteiger partial charge in [-0.1, -0.05) is 36.9 Å². The van der Waals surface area contributed by atoms with E-state index < -0.39 is 0 Å². The van der Waals surface area contributed by atoms with E-state index in [9.17, 15) is 4.79 Å². The fourth-order valence-corrected chi connectivity index (χ4v) is 3.09. The lowest BCUT2D eigenvalue weighted by molar-refractivity contribution is 0.105. The van der Waals surface area contributed by atoms with Crippen LogP contribution in [-0.2, 0) is 0 Å². The highest BCUT2D eigenvalue weighted by Gasteiger charge is 2.20. The predicted molar refractivity (Wildman–Crippen MR) is 121 cm³/mol. The Morgan fingerprint density at radius 2 is 1.71 bits per heavy atom. The van der Waals surface area contributed by atoms with Gasteiger partial charge in [0.05, 0.1) is 12.7 Å². The molecule has 0 amide bonds. The van der Waals surface area contributed by atoms with Crippen LogP contribution >= 0.6 is 0 Å². The summed E-state index contributed by atoms with van der Waals surface area (Å²) in [4.78, 5) is 17.9. The second kappa shape index (κ2) is 9.13. The minimum absolute atomic E-state index is 0.193. The van der Waals surface area contributed by atoms with Crippen molar-refractivity contribution in [3.8, 4) is 11.5 Å². The number of aromatic nitrogens is 1. The molecule has 4 aromatic rings. The molecule has 0 aliphatic heterocycles. The molecule has 0 aliphatic rings. The number of oxazole rings is 1. The molecule has 154 valence electrons. The van der Waals surface area contributed by atoms with Crippen LogP contribution in [0.25, 0.3) is 22.7 Å². The molecule has 5 nitrogen and oxygen atoms in total. The molecule has 0 saturated carbocycles. The van der Waals surface area contributed by atoms with E-state index in [1.807, 2.05) is 48.5 Å². The Kier molecular flexibility index (Phi) is 5.94. The quantitative estimate of drug-likeness (QED) is 0.208. The molecule has 0 spiro atoms. The molecule has 0 radical (unpaired) electrons. The average molecular weight is 411 g/mol. The number of ether oxygens (including phenoxy) is 2. The van der Waals surface area contributed by atoms with E-state index in [2.05, 4.69) is 11.6 Å². The molecular formula is C26H21NO4. The molecular weight excluding hydrogens is 390 g/mol. The number of carbonyl (C=O) groups excluding carboxylic acids is 1. The number of para-hydroxylation sites is 2. The van der Waals surface area contributed by atoms with Gasteiger partial charge in [-0.25, -0.2) is 4.98 Å². The number of rotatable bonds is 8. The van der Waals surface area contributed by atoms with Crippen LogP contribution in [0, 0.1) is 0 Å². The van der Waals surface area contributed by atoms with Gasteiger partial charge in [0.15, 0.2) is 11.4 Å². The number of hydrogen-bond acceptors (Lipinski definition) is 5. The van der Waals surface area contributed by atoms with E-state index in [1.54, 1.807) is 43.5 Å². The zero-order valence-electron chi connectivity index (χ0n) is 17.1. The highest BCUT2D eigenvalue weighted by molar-refractivity contribution is 6.31. The summed E-state index contributed by atoms with van der Waals surface area (Å²) in [6.45, 7) is 4.08. The van der Waals surface area contributed by atoms with Gasteiger partial charge in [0.25, 0.3) is 0 Å². The van der Waals surface area contributed by atoms with E-state index in [0.29, 0.717) is 34.6 Å². The van der Waals surface area contributed by atoms with Crippen LogP contribution in [0.2, 0.25) is 0 Å². The van der Waals surface area contributed by atoms with Crippen LogP contribution in [0.3, 0.4) is 0 Å². The molecule has 0 N–H and O–H groups in total. The summed E-state index contributed by atoms with van der Waals surface area (Å²) in [5, 5.41) is 0. The largest absolute Gasteiger partial charge is 0.497 e. The second-order valence-electron chi connectivity index (χ2n) is 6.77. The molecule has 1 aromatic heterocycles. The Morgan fingerprint density at radius 1 is 1.00 bits per heavy atom. The van der Waals surface area contributed by atoms with E-state index in [-0.39, 0.29) is 11.7 Å². The second-order valence-corrected chi connectivity index (χ2v) is 6.77. The van der Waals surface area contributed by atoms with Crippen molar-refractivity contribution in [3.05, 3.63) is 102 Å². The maximum atomic E-state index is 13.4. The van der Waals surface area contributed by atoms with Crippen molar-refractivity contribution in [3.63, 3.8) is 0 Å². The van der Waals surface area contributed by atoms with Crippen molar-refractivity contribution in [2.75, 3.05) is 13.7 Å². The van der Waals surface area contributed by atoms with Crippen molar-refractivity contribution in [1.29, 1.82) is 0 Å². The summed E-state index contributed by atoms with van der Waals surface area (Å²) in [6, 6.07) is 21.8. The highest BCUT2D eigenvalue weighted by atomic mass is 16.5. The monoisotopic (exact) mass is 411 g/mol. The Hall–Kier alpha value is -4.12. The van der Waals surface area contributed by atoms with Gasteiger partial charge < -0.3 is 13.9 Å². The van der Waals surface area contributed by atoms with Gasteiger partial charge in [0, 0.05) is 5.56 Å². The fourth-order valence-electron chi connectivity index (χ4n) is 3.09. The third-order valence-corrected chi connectivity index (χ3v) is 4.68. The summed E-state index contributed by atoms with van der Waals surface area (Å²) >= 11 is 0. The van der Waals surface area contributed by atoms with E-state index in [4.69, 9.17) is 13.9 Å². The summed E-state index contributed by atoms with van der Waals surface area (Å²) in [6.07, 6.45) is 3.46. The van der Waals surface area contributed by atoms with Gasteiger partial charge in [0.1, 0.15) is 23.6 Å². The van der Waals surface area contributed by atoms with Crippen molar-refractivity contribution in [2.45, 2.75) is 0 Å². The number of carbonyl (C=O) groups is 1. The zero-order chi connectivity index (χ0) is 21.6. The summed E-state index contributed by atoms with van der Waals surface area (Å²) < 4.78 is 16.6. The Morgan fingerprint density at radius 3 is 2.39 bits per heavy atom. The first kappa shape index (κ1) is 20.2. The third-order valence-electron chi connectivity index (χ3n) is 4.68. The predicted octanol–water partition coefficient (Wildman–Crippen LogP) is 5.82. The summed E-state index contributed by atoms with van der Waals surface area (Å²) in [5.74, 6) is 1.48. The number of Topliss-reactive ketones (excluding diaryl/α,β-unsaturated/α-hetero) is 1. The highest BCUT2D eigenvalue weighted by Crippen LogP contribution is 2.27. The number of ketones is 1. The standard InChI is InChI=1S/C26H21NO4/c1-3-16-30-21-12-8-18(9-13-21)17-22(25(28)19-10-14-20(29-2)15-11-19)26-27-23-6-4-5-7-24(23)31-26/h3-15,17H,1,16H2,2H3/b22-17-. The van der Waals surface area contributed by atoms with Crippen LogP contribution in [0.1, 0.15) is 21.8 Å². The first-order valence-corrected chi connectivity index (χ1v) is 9.78. The van der Waals surface area contributed by atoms with E-state index in [0.717, 1.165) is 11.3 Å². The lowest BCUT2D eigenvalue weighted by Crippen LogP contribution is -2.03. The molecule has 0 fully saturated rings. The average Bonchev–Trinajstić information content (AvgIpc) is 3.25. The van der Waals surface area contributed by atoms with Gasteiger partial charge in [-0.3, -0.25) is 4.79 Å². The molecule has 0 atom stereocenters. The number of hydrogen-bond donors (Lipinski definition) is 0. The minimum atomic E-state index is -0.193. The van der Waals surface area contributed by atoms with E-state index in [1.165, 1.54) is 0 Å². The molecule has 31 heavy (non-hydrogen) atoms. The maximum absolute atomic E-state index is 13.4. The van der Waals surface area contributed by atoms with Crippen molar-refractivity contribution in [2.24, 2.45) is 0 Å². The molecule has 0 unspecified atom stereocenters. The minimum Gasteiger partial charge on any atom is -0.497 e. The Balaban J connectivity index is 1.75. The van der Waals surface area contributed by atoms with Gasteiger partial charge in [-0.15, -0.1) is 0 Å². The zero-order valence-corrected chi connectivity index (χ0v) is 17.1. The third kappa shape index (κ3) is 4.56. The number of allylic oxidation sites excluding steroid dienone is 1. The Labute approximate surface area is 180 Å². The van der Waals surface area contributed by atoms with Gasteiger partial charge in [-0.2, -0.15) is 0 Å². The first-order valence-electron chi connectivity index (χ1n) is 9.78. The van der Waals surface area contributed by atoms with Gasteiger partial charge in [0.2, 0.25) is 5.89 Å². The number of benzene rings is 3. The number of nitrogens with zero attached hydrogens (tertiary/aromatic N) is 1. The summed E-state index contributed by atoms with van der Waals surface area (Å²) in [5.41, 5.74) is 3.02. The van der Waals surface area contributed by atoms with E-state index >= 15 is 0 Å². The molecule has 5 heteroatoms. The van der Waals surface area contributed by atoms with Gasteiger partial charge in [-0.05, 0) is 60.2 Å². The SMILES string of the molecule is C=CCOc1ccc(/C=C(/C(=O)c2ccc(OC)cc2)c2nc3ccccc3o2)cc1. The molecule has 1 heterocycles. The maximum Gasteiger partial charge on any atom is 0.231 e. The molecule has 3 aromatic carbocycles. The first-order chi connectivity index (χ1) is 15.2. The molecule has 4 rings (SSSR count). The van der Waals surface area contributed by atoms with Crippen LogP contribution in [0.4, 0.5) is 0 Å². The van der Waals surface area contributed by atoms with Gasteiger partial charge >= 0.3 is 0 Å². The molecule has 0 bridgehead atoms. The normalized spacial score (nSPS) is 11.3. The lowest BCUT2D eigenvalue weighted by Gasteiger charge is -2.06. The number of fused-ring (bicyclic) bond motifs is 1. The van der Waals surface area contributed by atoms with Crippen LogP contribution in [0.5, 0.6) is 11.5 Å².